The number of ether oxygens (including phenoxy) is 2. The minimum absolute atomic E-state index is 0.166. The van der Waals surface area contributed by atoms with Crippen molar-refractivity contribution in [3.8, 4) is 11.5 Å². The zero-order valence-corrected chi connectivity index (χ0v) is 12.0. The molecular formula is C16H17NO4. The van der Waals surface area contributed by atoms with Gasteiger partial charge in [0, 0.05) is 6.20 Å². The second kappa shape index (κ2) is 6.74. The normalized spacial score (nSPS) is 10.2. The first kappa shape index (κ1) is 14.8. The Morgan fingerprint density at radius 3 is 2.71 bits per heavy atom. The number of nitrogens with zero attached hydrogens (tertiary/aromatic N) is 1. The van der Waals surface area contributed by atoms with Gasteiger partial charge in [-0.05, 0) is 43.7 Å². The van der Waals surface area contributed by atoms with E-state index in [9.17, 15) is 4.79 Å². The highest BCUT2D eigenvalue weighted by atomic mass is 16.5. The standard InChI is InChI=1S/C16H17NO4/c1-3-20-15-9-12(16(18)19)6-7-14(15)21-10-13-11(2)5-4-8-17-13/h4-9H,3,10H2,1-2H3,(H,18,19). The Hall–Kier alpha value is -2.56. The van der Waals surface area contributed by atoms with Gasteiger partial charge in [0.05, 0.1) is 17.9 Å². The van der Waals surface area contributed by atoms with Crippen LogP contribution in [-0.2, 0) is 6.61 Å². The fourth-order valence-electron chi connectivity index (χ4n) is 1.84. The number of pyridine rings is 1. The molecule has 1 heterocycles. The van der Waals surface area contributed by atoms with Crippen LogP contribution in [0, 0.1) is 6.92 Å². The molecule has 1 aromatic carbocycles. The summed E-state index contributed by atoms with van der Waals surface area (Å²) in [6.07, 6.45) is 1.71. The van der Waals surface area contributed by atoms with Crippen LogP contribution in [0.1, 0.15) is 28.5 Å². The zero-order chi connectivity index (χ0) is 15.2. The van der Waals surface area contributed by atoms with Crippen molar-refractivity contribution in [1.82, 2.24) is 4.98 Å². The summed E-state index contributed by atoms with van der Waals surface area (Å²) >= 11 is 0. The molecule has 110 valence electrons. The van der Waals surface area contributed by atoms with E-state index in [4.69, 9.17) is 14.6 Å². The molecule has 21 heavy (non-hydrogen) atoms. The molecule has 0 radical (unpaired) electrons. The molecule has 0 aliphatic heterocycles. The van der Waals surface area contributed by atoms with Crippen molar-refractivity contribution in [2.45, 2.75) is 20.5 Å². The van der Waals surface area contributed by atoms with E-state index in [1.165, 1.54) is 12.1 Å². The van der Waals surface area contributed by atoms with Gasteiger partial charge in [-0.1, -0.05) is 6.07 Å². The lowest BCUT2D eigenvalue weighted by molar-refractivity contribution is 0.0696. The predicted octanol–water partition coefficient (Wildman–Crippen LogP) is 3.07. The Kier molecular flexibility index (Phi) is 4.77. The Balaban J connectivity index is 2.19. The number of aromatic carboxylic acids is 1. The molecule has 0 spiro atoms. The maximum Gasteiger partial charge on any atom is 0.335 e. The molecule has 0 saturated carbocycles. The Bertz CT molecular complexity index is 640. The number of aromatic nitrogens is 1. The quantitative estimate of drug-likeness (QED) is 0.884. The van der Waals surface area contributed by atoms with Gasteiger partial charge in [0.25, 0.3) is 0 Å². The average molecular weight is 287 g/mol. The second-order valence-electron chi connectivity index (χ2n) is 4.46. The second-order valence-corrected chi connectivity index (χ2v) is 4.46. The lowest BCUT2D eigenvalue weighted by Crippen LogP contribution is -2.04. The first-order chi connectivity index (χ1) is 10.1. The van der Waals surface area contributed by atoms with Crippen molar-refractivity contribution in [1.29, 1.82) is 0 Å². The summed E-state index contributed by atoms with van der Waals surface area (Å²) in [7, 11) is 0. The summed E-state index contributed by atoms with van der Waals surface area (Å²) in [5.41, 5.74) is 2.04. The van der Waals surface area contributed by atoms with Gasteiger partial charge < -0.3 is 14.6 Å². The Morgan fingerprint density at radius 1 is 1.24 bits per heavy atom. The topological polar surface area (TPSA) is 68.7 Å². The third-order valence-electron chi connectivity index (χ3n) is 2.97. The van der Waals surface area contributed by atoms with Gasteiger partial charge >= 0.3 is 5.97 Å². The van der Waals surface area contributed by atoms with Gasteiger partial charge in [0.2, 0.25) is 0 Å². The van der Waals surface area contributed by atoms with Crippen LogP contribution in [0.4, 0.5) is 0 Å². The highest BCUT2D eigenvalue weighted by Crippen LogP contribution is 2.29. The third-order valence-corrected chi connectivity index (χ3v) is 2.97. The van der Waals surface area contributed by atoms with Crippen LogP contribution in [-0.4, -0.2) is 22.7 Å². The number of carboxylic acids is 1. The van der Waals surface area contributed by atoms with Crippen LogP contribution in [0.2, 0.25) is 0 Å². The Labute approximate surface area is 123 Å². The fourth-order valence-corrected chi connectivity index (χ4v) is 1.84. The molecule has 2 aromatic rings. The number of hydrogen-bond acceptors (Lipinski definition) is 4. The molecule has 1 N–H and O–H groups in total. The van der Waals surface area contributed by atoms with Crippen molar-refractivity contribution in [3.63, 3.8) is 0 Å². The molecule has 0 aliphatic carbocycles. The highest BCUT2D eigenvalue weighted by molar-refractivity contribution is 5.88. The van der Waals surface area contributed by atoms with Gasteiger partial charge in [-0.2, -0.15) is 0 Å². The van der Waals surface area contributed by atoms with Crippen molar-refractivity contribution in [2.75, 3.05) is 6.61 Å². The van der Waals surface area contributed by atoms with Crippen LogP contribution in [0.25, 0.3) is 0 Å². The summed E-state index contributed by atoms with van der Waals surface area (Å²) in [6.45, 7) is 4.53. The monoisotopic (exact) mass is 287 g/mol. The molecule has 0 bridgehead atoms. The first-order valence-electron chi connectivity index (χ1n) is 6.65. The molecule has 0 aliphatic rings. The van der Waals surface area contributed by atoms with Crippen LogP contribution in [0.15, 0.2) is 36.5 Å². The Morgan fingerprint density at radius 2 is 2.05 bits per heavy atom. The van der Waals surface area contributed by atoms with Crippen molar-refractivity contribution in [3.05, 3.63) is 53.3 Å². The van der Waals surface area contributed by atoms with E-state index in [0.717, 1.165) is 11.3 Å². The molecule has 5 heteroatoms. The minimum atomic E-state index is -0.997. The summed E-state index contributed by atoms with van der Waals surface area (Å²) in [6, 6.07) is 8.39. The molecular weight excluding hydrogens is 270 g/mol. The number of rotatable bonds is 6. The molecule has 0 unspecified atom stereocenters. The summed E-state index contributed by atoms with van der Waals surface area (Å²) in [4.78, 5) is 15.2. The minimum Gasteiger partial charge on any atom is -0.490 e. The molecule has 5 nitrogen and oxygen atoms in total. The lowest BCUT2D eigenvalue weighted by atomic mass is 10.2. The maximum absolute atomic E-state index is 11.0. The molecule has 1 aromatic heterocycles. The van der Waals surface area contributed by atoms with E-state index in [2.05, 4.69) is 4.98 Å². The van der Waals surface area contributed by atoms with E-state index in [1.807, 2.05) is 26.0 Å². The smallest absolute Gasteiger partial charge is 0.335 e. The number of hydrogen-bond donors (Lipinski definition) is 1. The summed E-state index contributed by atoms with van der Waals surface area (Å²) in [5, 5.41) is 9.01. The van der Waals surface area contributed by atoms with Gasteiger partial charge in [-0.25, -0.2) is 4.79 Å². The predicted molar refractivity (Wildman–Crippen MR) is 77.9 cm³/mol. The summed E-state index contributed by atoms with van der Waals surface area (Å²) in [5.74, 6) is -0.0686. The van der Waals surface area contributed by atoms with E-state index in [-0.39, 0.29) is 5.56 Å². The van der Waals surface area contributed by atoms with Crippen molar-refractivity contribution >= 4 is 5.97 Å². The van der Waals surface area contributed by atoms with E-state index < -0.39 is 5.97 Å². The number of aryl methyl sites for hydroxylation is 1. The summed E-state index contributed by atoms with van der Waals surface area (Å²) < 4.78 is 11.1. The largest absolute Gasteiger partial charge is 0.490 e. The molecule has 0 fully saturated rings. The average Bonchev–Trinajstić information content (AvgIpc) is 2.47. The third kappa shape index (κ3) is 3.72. The SMILES string of the molecule is CCOc1cc(C(=O)O)ccc1OCc1ncccc1C. The van der Waals surface area contributed by atoms with E-state index in [0.29, 0.717) is 24.7 Å². The molecule has 0 saturated heterocycles. The van der Waals surface area contributed by atoms with E-state index in [1.54, 1.807) is 12.3 Å². The van der Waals surface area contributed by atoms with Crippen LogP contribution in [0.3, 0.4) is 0 Å². The van der Waals surface area contributed by atoms with Crippen molar-refractivity contribution < 1.29 is 19.4 Å². The zero-order valence-electron chi connectivity index (χ0n) is 12.0. The molecule has 0 atom stereocenters. The van der Waals surface area contributed by atoms with Gasteiger partial charge in [-0.3, -0.25) is 4.98 Å². The highest BCUT2D eigenvalue weighted by Gasteiger charge is 2.11. The number of benzene rings is 1. The number of carboxylic acid groups (broad SMARTS) is 1. The van der Waals surface area contributed by atoms with Gasteiger partial charge in [0.1, 0.15) is 6.61 Å². The van der Waals surface area contributed by atoms with Crippen LogP contribution >= 0.6 is 0 Å². The first-order valence-corrected chi connectivity index (χ1v) is 6.65. The van der Waals surface area contributed by atoms with Gasteiger partial charge in [0.15, 0.2) is 11.5 Å². The van der Waals surface area contributed by atoms with E-state index >= 15 is 0 Å². The molecule has 0 amide bonds. The van der Waals surface area contributed by atoms with Gasteiger partial charge in [-0.15, -0.1) is 0 Å². The maximum atomic E-state index is 11.0. The van der Waals surface area contributed by atoms with Crippen LogP contribution in [0.5, 0.6) is 11.5 Å². The lowest BCUT2D eigenvalue weighted by Gasteiger charge is -2.13. The van der Waals surface area contributed by atoms with Crippen LogP contribution < -0.4 is 9.47 Å². The van der Waals surface area contributed by atoms with Crippen molar-refractivity contribution in [2.24, 2.45) is 0 Å². The number of carbonyl (C=O) groups is 1. The molecule has 2 rings (SSSR count). The fraction of sp³-hybridized carbons (Fsp3) is 0.250.